The molecule has 12 rings (SSSR count). The minimum atomic E-state index is -0.489. The summed E-state index contributed by atoms with van der Waals surface area (Å²) in [4.78, 5) is 2.51. The standard InChI is InChI=1S/C57H41N/c1-3-16-40(17-4-1)57(41-18-5-2-6-19-41)55-26-14-13-25-52(55)53-34-31-44(37-56(53)57)58(42-29-32-46-39(35-42)28-27-38-15-7-8-20-45(38)46)43-30-33-51-49-23-10-9-21-47(49)48-22-11-12-24-50(48)54(51)36-43/h1-26,28-38,47,49H,27H2. The first kappa shape index (κ1) is 33.2. The summed E-state index contributed by atoms with van der Waals surface area (Å²) in [7, 11) is 0. The Hall–Kier alpha value is -6.96. The van der Waals surface area contributed by atoms with Gasteiger partial charge in [0.1, 0.15) is 0 Å². The van der Waals surface area contributed by atoms with E-state index in [9.17, 15) is 0 Å². The van der Waals surface area contributed by atoms with Crippen molar-refractivity contribution in [3.8, 4) is 22.3 Å². The first-order valence-electron chi connectivity index (χ1n) is 20.7. The van der Waals surface area contributed by atoms with Crippen molar-refractivity contribution in [2.75, 3.05) is 4.90 Å². The molecule has 0 fully saturated rings. The maximum Gasteiger partial charge on any atom is 0.0714 e. The molecule has 5 aliphatic carbocycles. The van der Waals surface area contributed by atoms with Gasteiger partial charge in [-0.3, -0.25) is 0 Å². The molecule has 0 aliphatic heterocycles. The Balaban J connectivity index is 1.12. The highest BCUT2D eigenvalue weighted by molar-refractivity contribution is 5.91. The number of fused-ring (bicyclic) bond motifs is 11. The first-order chi connectivity index (χ1) is 28.8. The molecule has 0 saturated carbocycles. The van der Waals surface area contributed by atoms with Crippen molar-refractivity contribution in [3.63, 3.8) is 0 Å². The van der Waals surface area contributed by atoms with E-state index in [2.05, 4.69) is 223 Å². The summed E-state index contributed by atoms with van der Waals surface area (Å²) in [6, 6.07) is 61.9. The Morgan fingerprint density at radius 1 is 0.448 bits per heavy atom. The fraction of sp³-hybridized carbons (Fsp3) is 0.0877. The van der Waals surface area contributed by atoms with Crippen molar-refractivity contribution >= 4 is 28.7 Å². The normalized spacial score (nSPS) is 19.4. The van der Waals surface area contributed by atoms with Gasteiger partial charge in [0.25, 0.3) is 0 Å². The molecule has 0 spiro atoms. The van der Waals surface area contributed by atoms with Gasteiger partial charge in [0.2, 0.25) is 0 Å². The van der Waals surface area contributed by atoms with Gasteiger partial charge in [0.15, 0.2) is 0 Å². The third-order valence-corrected chi connectivity index (χ3v) is 13.4. The Kier molecular flexibility index (Phi) is 7.47. The molecule has 3 unspecified atom stereocenters. The largest absolute Gasteiger partial charge is 0.310 e. The van der Waals surface area contributed by atoms with Gasteiger partial charge in [0, 0.05) is 34.8 Å². The van der Waals surface area contributed by atoms with Crippen molar-refractivity contribution in [1.82, 2.24) is 0 Å². The van der Waals surface area contributed by atoms with Gasteiger partial charge in [-0.15, -0.1) is 0 Å². The van der Waals surface area contributed by atoms with Crippen LogP contribution in [0.15, 0.2) is 212 Å². The summed E-state index contributed by atoms with van der Waals surface area (Å²) >= 11 is 0. The topological polar surface area (TPSA) is 3.24 Å². The van der Waals surface area contributed by atoms with Gasteiger partial charge in [-0.25, -0.2) is 0 Å². The molecule has 0 radical (unpaired) electrons. The summed E-state index contributed by atoms with van der Waals surface area (Å²) in [5, 5.41) is 2.63. The van der Waals surface area contributed by atoms with Crippen LogP contribution in [-0.4, -0.2) is 0 Å². The zero-order valence-corrected chi connectivity index (χ0v) is 32.2. The third-order valence-electron chi connectivity index (χ3n) is 13.4. The van der Waals surface area contributed by atoms with E-state index in [0.717, 1.165) is 23.5 Å². The fourth-order valence-corrected chi connectivity index (χ4v) is 10.9. The second kappa shape index (κ2) is 13.0. The van der Waals surface area contributed by atoms with Crippen molar-refractivity contribution < 1.29 is 0 Å². The Morgan fingerprint density at radius 3 is 1.84 bits per heavy atom. The number of anilines is 3. The molecule has 0 N–H and O–H groups in total. The number of hydrogen-bond acceptors (Lipinski definition) is 1. The lowest BCUT2D eigenvalue weighted by Gasteiger charge is -2.36. The molecular formula is C57H41N. The molecule has 7 aromatic rings. The average Bonchev–Trinajstić information content (AvgIpc) is 3.60. The van der Waals surface area contributed by atoms with E-state index in [1.807, 2.05) is 0 Å². The maximum atomic E-state index is 2.51. The van der Waals surface area contributed by atoms with Gasteiger partial charge in [-0.1, -0.05) is 182 Å². The SMILES string of the molecule is C1=CC2=c3ccc(N(c4ccc5c(c4)-c4ccccc4C4C=CC=CC54)c4ccc5c(c4)C(c4ccccc4)(c4ccccc4)c4ccccc4-5)cc3=CCC2C=C1. The van der Waals surface area contributed by atoms with E-state index in [1.54, 1.807) is 0 Å². The molecule has 5 aliphatic rings. The van der Waals surface area contributed by atoms with E-state index < -0.39 is 5.41 Å². The summed E-state index contributed by atoms with van der Waals surface area (Å²) in [6.07, 6.45) is 21.7. The molecule has 0 aromatic heterocycles. The lowest BCUT2D eigenvalue weighted by Crippen LogP contribution is -2.33. The smallest absolute Gasteiger partial charge is 0.0714 e. The minimum absolute atomic E-state index is 0.314. The summed E-state index contributed by atoms with van der Waals surface area (Å²) in [6.45, 7) is 0. The summed E-state index contributed by atoms with van der Waals surface area (Å²) in [5.74, 6) is 1.10. The Bertz CT molecular complexity index is 3010. The molecule has 1 nitrogen and oxygen atoms in total. The van der Waals surface area contributed by atoms with Crippen LogP contribution >= 0.6 is 0 Å². The van der Waals surface area contributed by atoms with Crippen LogP contribution in [0.1, 0.15) is 51.6 Å². The van der Waals surface area contributed by atoms with E-state index in [4.69, 9.17) is 0 Å². The third kappa shape index (κ3) is 4.83. The Morgan fingerprint density at radius 2 is 1.05 bits per heavy atom. The van der Waals surface area contributed by atoms with Gasteiger partial charge in [0.05, 0.1) is 5.41 Å². The van der Waals surface area contributed by atoms with Gasteiger partial charge >= 0.3 is 0 Å². The molecular weight excluding hydrogens is 699 g/mol. The molecule has 274 valence electrons. The van der Waals surface area contributed by atoms with E-state index >= 15 is 0 Å². The van der Waals surface area contributed by atoms with E-state index in [0.29, 0.717) is 17.8 Å². The summed E-state index contributed by atoms with van der Waals surface area (Å²) in [5.41, 5.74) is 17.6. The van der Waals surface area contributed by atoms with Crippen LogP contribution < -0.4 is 15.3 Å². The number of hydrogen-bond donors (Lipinski definition) is 0. The summed E-state index contributed by atoms with van der Waals surface area (Å²) < 4.78 is 0. The lowest BCUT2D eigenvalue weighted by molar-refractivity contribution is 0.720. The van der Waals surface area contributed by atoms with Gasteiger partial charge in [-0.05, 0) is 114 Å². The number of allylic oxidation sites excluding steroid dienone is 8. The monoisotopic (exact) mass is 739 g/mol. The fourth-order valence-electron chi connectivity index (χ4n) is 10.9. The van der Waals surface area contributed by atoms with Crippen LogP contribution in [0.25, 0.3) is 33.9 Å². The second-order valence-corrected chi connectivity index (χ2v) is 16.3. The molecule has 1 heteroatoms. The molecule has 3 atom stereocenters. The van der Waals surface area contributed by atoms with Crippen LogP contribution in [0.5, 0.6) is 0 Å². The highest BCUT2D eigenvalue weighted by Gasteiger charge is 2.46. The van der Waals surface area contributed by atoms with Gasteiger partial charge in [-0.2, -0.15) is 0 Å². The average molecular weight is 740 g/mol. The molecule has 0 saturated heterocycles. The quantitative estimate of drug-likeness (QED) is 0.170. The highest BCUT2D eigenvalue weighted by atomic mass is 15.1. The van der Waals surface area contributed by atoms with Crippen LogP contribution in [0.4, 0.5) is 17.1 Å². The number of nitrogens with zero attached hydrogens (tertiary/aromatic N) is 1. The van der Waals surface area contributed by atoms with Crippen molar-refractivity contribution in [2.24, 2.45) is 5.92 Å². The van der Waals surface area contributed by atoms with Crippen molar-refractivity contribution in [3.05, 3.63) is 256 Å². The molecule has 58 heavy (non-hydrogen) atoms. The highest BCUT2D eigenvalue weighted by Crippen LogP contribution is 2.57. The van der Waals surface area contributed by atoms with Crippen molar-refractivity contribution in [1.29, 1.82) is 0 Å². The molecule has 7 aromatic carbocycles. The van der Waals surface area contributed by atoms with Gasteiger partial charge < -0.3 is 4.90 Å². The number of benzene rings is 7. The zero-order valence-electron chi connectivity index (χ0n) is 32.2. The maximum absolute atomic E-state index is 2.51. The van der Waals surface area contributed by atoms with Crippen molar-refractivity contribution in [2.45, 2.75) is 23.7 Å². The van der Waals surface area contributed by atoms with Crippen LogP contribution in [0.3, 0.4) is 0 Å². The van der Waals surface area contributed by atoms with Crippen LogP contribution in [-0.2, 0) is 5.41 Å². The first-order valence-corrected chi connectivity index (χ1v) is 20.7. The van der Waals surface area contributed by atoms with E-state index in [1.165, 1.54) is 71.6 Å². The Labute approximate surface area is 340 Å². The number of rotatable bonds is 5. The predicted molar refractivity (Wildman–Crippen MR) is 241 cm³/mol. The van der Waals surface area contributed by atoms with Crippen LogP contribution in [0, 0.1) is 5.92 Å². The minimum Gasteiger partial charge on any atom is -0.310 e. The van der Waals surface area contributed by atoms with Crippen LogP contribution in [0.2, 0.25) is 0 Å². The second-order valence-electron chi connectivity index (χ2n) is 16.3. The van der Waals surface area contributed by atoms with E-state index in [-0.39, 0.29) is 0 Å². The molecule has 0 amide bonds. The molecule has 0 heterocycles. The zero-order chi connectivity index (χ0) is 38.2. The molecule has 0 bridgehead atoms. The lowest BCUT2D eigenvalue weighted by atomic mass is 9.67. The predicted octanol–water partition coefficient (Wildman–Crippen LogP) is 12.6.